The Bertz CT molecular complexity index is 55.5. The van der Waals surface area contributed by atoms with Crippen molar-refractivity contribution in [1.82, 2.24) is 0 Å². The van der Waals surface area contributed by atoms with E-state index in [0.717, 1.165) is 0 Å². The molecule has 0 aliphatic carbocycles. The van der Waals surface area contributed by atoms with Gasteiger partial charge in [0.25, 0.3) is 0 Å². The van der Waals surface area contributed by atoms with Crippen LogP contribution < -0.4 is 0 Å². The van der Waals surface area contributed by atoms with Crippen molar-refractivity contribution in [2.45, 2.75) is 0 Å². The first-order valence-electron chi connectivity index (χ1n) is 2.45. The molecule has 0 saturated carbocycles. The first-order valence-corrected chi connectivity index (χ1v) is 7.58. The van der Waals surface area contributed by atoms with Gasteiger partial charge in [0.05, 0.1) is 0 Å². The second-order valence-electron chi connectivity index (χ2n) is 1.32. The molecule has 9 heavy (non-hydrogen) atoms. The van der Waals surface area contributed by atoms with Crippen molar-refractivity contribution < 1.29 is 39.6 Å². The summed E-state index contributed by atoms with van der Waals surface area (Å²) in [5.41, 5.74) is 0. The van der Waals surface area contributed by atoms with Crippen molar-refractivity contribution >= 4 is 0 Å². The number of hydrogen-bond donors (Lipinski definition) is 0. The van der Waals surface area contributed by atoms with Crippen molar-refractivity contribution in [1.29, 1.82) is 0 Å². The normalized spacial score (nSPS) is 12.0. The topological polar surface area (TPSA) is 36.9 Å². The molecule has 5 heteroatoms. The second-order valence-corrected chi connectivity index (χ2v) is 9.58. The molecular formula is C4H12CeO4. The Balaban J connectivity index is 3.82. The predicted octanol–water partition coefficient (Wildman–Crippen LogP) is 0.388. The second kappa shape index (κ2) is 4.95. The van der Waals surface area contributed by atoms with Gasteiger partial charge < -0.3 is 0 Å². The summed E-state index contributed by atoms with van der Waals surface area (Å²) in [6.07, 6.45) is 0. The average Bonchev–Trinajstić information content (AvgIpc) is 1.95. The van der Waals surface area contributed by atoms with Gasteiger partial charge in [0.15, 0.2) is 0 Å². The van der Waals surface area contributed by atoms with Crippen molar-refractivity contribution in [3.05, 3.63) is 0 Å². The van der Waals surface area contributed by atoms with Crippen molar-refractivity contribution in [2.75, 3.05) is 28.4 Å². The Labute approximate surface area is 67.3 Å². The Hall–Kier alpha value is 1.22. The molecular weight excluding hydrogens is 252 g/mol. The Morgan fingerprint density at radius 1 is 0.667 bits per heavy atom. The first kappa shape index (κ1) is 10.2. The summed E-state index contributed by atoms with van der Waals surface area (Å²) in [6, 6.07) is 0. The molecule has 0 fully saturated rings. The summed E-state index contributed by atoms with van der Waals surface area (Å²) in [6.45, 7) is 0. The number of rotatable bonds is 4. The molecule has 0 saturated heterocycles. The van der Waals surface area contributed by atoms with E-state index in [9.17, 15) is 0 Å². The zero-order valence-corrected chi connectivity index (χ0v) is 9.27. The molecule has 0 amide bonds. The van der Waals surface area contributed by atoms with E-state index in [1.165, 1.54) is 28.4 Å². The van der Waals surface area contributed by atoms with E-state index >= 15 is 0 Å². The van der Waals surface area contributed by atoms with E-state index in [0.29, 0.717) is 0 Å². The van der Waals surface area contributed by atoms with Crippen LogP contribution in [0.5, 0.6) is 0 Å². The monoisotopic (exact) mass is 264 g/mol. The standard InChI is InChI=1S/4CH3O.Ce/c4*1-2;/h4*1H3;/q4*-1;+4. The summed E-state index contributed by atoms with van der Waals surface area (Å²) < 4.78 is 19.8. The SMILES string of the molecule is C[O][Ce]([O]C)([O]C)[O]C. The Morgan fingerprint density at radius 2 is 0.889 bits per heavy atom. The van der Waals surface area contributed by atoms with Gasteiger partial charge in [-0.1, -0.05) is 0 Å². The van der Waals surface area contributed by atoms with Gasteiger partial charge in [0, 0.05) is 0 Å². The van der Waals surface area contributed by atoms with Gasteiger partial charge >= 0.3 is 68.0 Å². The molecule has 0 rings (SSSR count). The van der Waals surface area contributed by atoms with Gasteiger partial charge in [-0.15, -0.1) is 0 Å². The molecule has 0 radical (unpaired) electrons. The fourth-order valence-electron chi connectivity index (χ4n) is 0.500. The summed E-state index contributed by atoms with van der Waals surface area (Å²) in [7, 11) is 6.10. The van der Waals surface area contributed by atoms with Crippen LogP contribution in [0, 0.1) is 35.8 Å². The van der Waals surface area contributed by atoms with Gasteiger partial charge in [0.1, 0.15) is 0 Å². The van der Waals surface area contributed by atoms with Crippen molar-refractivity contribution in [3.63, 3.8) is 0 Å². The minimum atomic E-state index is -3.51. The van der Waals surface area contributed by atoms with E-state index in [-0.39, 0.29) is 0 Å². The maximum atomic E-state index is 4.94. The molecule has 0 heterocycles. The van der Waals surface area contributed by atoms with Gasteiger partial charge in [-0.3, -0.25) is 0 Å². The molecule has 0 aliphatic rings. The van der Waals surface area contributed by atoms with E-state index in [4.69, 9.17) is 3.81 Å². The van der Waals surface area contributed by atoms with Crippen LogP contribution >= 0.6 is 0 Å². The molecule has 0 aromatic heterocycles. The van der Waals surface area contributed by atoms with Crippen LogP contribution in [0.25, 0.3) is 0 Å². The van der Waals surface area contributed by atoms with Crippen molar-refractivity contribution in [3.8, 4) is 0 Å². The fourth-order valence-corrected chi connectivity index (χ4v) is 3.64. The molecule has 0 atom stereocenters. The van der Waals surface area contributed by atoms with E-state index in [2.05, 4.69) is 0 Å². The quantitative estimate of drug-likeness (QED) is 0.736. The van der Waals surface area contributed by atoms with Crippen molar-refractivity contribution in [2.24, 2.45) is 0 Å². The van der Waals surface area contributed by atoms with Crippen LogP contribution in [-0.4, -0.2) is 28.4 Å². The molecule has 0 N–H and O–H groups in total. The van der Waals surface area contributed by atoms with E-state index in [1.54, 1.807) is 0 Å². The molecule has 0 bridgehead atoms. The fraction of sp³-hybridized carbons (Fsp3) is 1.00. The van der Waals surface area contributed by atoms with Gasteiger partial charge in [0.2, 0.25) is 0 Å². The third-order valence-corrected chi connectivity index (χ3v) is 7.28. The van der Waals surface area contributed by atoms with E-state index in [1.807, 2.05) is 0 Å². The molecule has 0 aromatic rings. The molecule has 4 nitrogen and oxygen atoms in total. The van der Waals surface area contributed by atoms with Gasteiger partial charge in [-0.25, -0.2) is 0 Å². The van der Waals surface area contributed by atoms with Gasteiger partial charge in [-0.05, 0) is 0 Å². The summed E-state index contributed by atoms with van der Waals surface area (Å²) in [5, 5.41) is 0. The third kappa shape index (κ3) is 2.75. The first-order chi connectivity index (χ1) is 4.24. The molecule has 56 valence electrons. The minimum absolute atomic E-state index is 1.53. The number of hydrogen-bond acceptors (Lipinski definition) is 4. The summed E-state index contributed by atoms with van der Waals surface area (Å²) in [5.74, 6) is 0. The average molecular weight is 264 g/mol. The molecule has 0 aliphatic heterocycles. The zero-order chi connectivity index (χ0) is 7.33. The predicted molar refractivity (Wildman–Crippen MR) is 28.0 cm³/mol. The zero-order valence-electron chi connectivity index (χ0n) is 6.13. The maximum absolute atomic E-state index is 4.94. The Kier molecular flexibility index (Phi) is 5.61. The Morgan fingerprint density at radius 3 is 0.889 bits per heavy atom. The summed E-state index contributed by atoms with van der Waals surface area (Å²) in [4.78, 5) is 0. The molecule has 0 spiro atoms. The summed E-state index contributed by atoms with van der Waals surface area (Å²) >= 11 is -3.51. The molecule has 0 unspecified atom stereocenters. The van der Waals surface area contributed by atoms with Crippen LogP contribution in [0.1, 0.15) is 0 Å². The van der Waals surface area contributed by atoms with Crippen LogP contribution in [0.15, 0.2) is 0 Å². The molecule has 0 aromatic carbocycles. The van der Waals surface area contributed by atoms with Crippen LogP contribution in [0.3, 0.4) is 0 Å². The van der Waals surface area contributed by atoms with Crippen LogP contribution in [0.2, 0.25) is 0 Å². The van der Waals surface area contributed by atoms with E-state index < -0.39 is 35.8 Å². The van der Waals surface area contributed by atoms with Crippen LogP contribution in [-0.2, 0) is 3.81 Å². The van der Waals surface area contributed by atoms with Gasteiger partial charge in [-0.2, -0.15) is 0 Å². The third-order valence-electron chi connectivity index (χ3n) is 1.00. The van der Waals surface area contributed by atoms with Crippen LogP contribution in [0.4, 0.5) is 0 Å².